The van der Waals surface area contributed by atoms with Gasteiger partial charge in [-0.3, -0.25) is 0 Å². The van der Waals surface area contributed by atoms with Crippen molar-refractivity contribution in [2.24, 2.45) is 0 Å². The van der Waals surface area contributed by atoms with E-state index < -0.39 is 0 Å². The molecule has 0 amide bonds. The lowest BCUT2D eigenvalue weighted by molar-refractivity contribution is 1.08. The first-order chi connectivity index (χ1) is 27.2. The van der Waals surface area contributed by atoms with Crippen LogP contribution in [0.25, 0.3) is 109 Å². The minimum atomic E-state index is 0.642. The maximum Gasteiger partial charge on any atom is 0.165 e. The number of hydrogen-bond acceptors (Lipinski definition) is 4. The first-order valence-corrected chi connectivity index (χ1v) is 19.3. The second-order valence-corrected chi connectivity index (χ2v) is 15.0. The highest BCUT2D eigenvalue weighted by Gasteiger charge is 2.18. The highest BCUT2D eigenvalue weighted by molar-refractivity contribution is 7.26. The third kappa shape index (κ3) is 5.46. The van der Waals surface area contributed by atoms with Crippen molar-refractivity contribution in [2.75, 3.05) is 0 Å². The van der Waals surface area contributed by atoms with Crippen LogP contribution >= 0.6 is 11.3 Å². The number of rotatable bonds is 5. The molecule has 256 valence electrons. The number of fused-ring (bicyclic) bond motifs is 7. The van der Waals surface area contributed by atoms with Gasteiger partial charge in [0.15, 0.2) is 17.5 Å². The van der Waals surface area contributed by atoms with Crippen LogP contribution < -0.4 is 0 Å². The molecule has 0 aliphatic carbocycles. The van der Waals surface area contributed by atoms with Crippen molar-refractivity contribution < 1.29 is 0 Å². The van der Waals surface area contributed by atoms with Crippen LogP contribution in [0.3, 0.4) is 0 Å². The Morgan fingerprint density at radius 3 is 1.78 bits per heavy atom. The third-order valence-electron chi connectivity index (χ3n) is 10.7. The van der Waals surface area contributed by atoms with Gasteiger partial charge in [0, 0.05) is 36.9 Å². The SMILES string of the molecule is c1cc(-c2nc(-c3ccc(-c4ccc5ccccc5c4)cc3)nc(-c3cccc4c3sc3ccccc34)n2)cc(-c2cccc3ccc4ccccc4c23)c1. The van der Waals surface area contributed by atoms with Gasteiger partial charge in [-0.2, -0.15) is 0 Å². The molecule has 55 heavy (non-hydrogen) atoms. The molecule has 0 aliphatic heterocycles. The van der Waals surface area contributed by atoms with Gasteiger partial charge in [-0.15, -0.1) is 11.3 Å². The molecule has 0 saturated heterocycles. The normalized spacial score (nSPS) is 11.6. The molecule has 11 rings (SSSR count). The molecule has 2 aromatic heterocycles. The molecular formula is C51H31N3S. The molecule has 4 heteroatoms. The first kappa shape index (κ1) is 31.5. The zero-order valence-electron chi connectivity index (χ0n) is 29.6. The quantitative estimate of drug-likeness (QED) is 0.166. The Labute approximate surface area is 321 Å². The van der Waals surface area contributed by atoms with Crippen LogP contribution in [0.15, 0.2) is 188 Å². The Balaban J connectivity index is 1.08. The van der Waals surface area contributed by atoms with Gasteiger partial charge in [-0.25, -0.2) is 15.0 Å². The van der Waals surface area contributed by atoms with E-state index in [1.807, 2.05) is 0 Å². The van der Waals surface area contributed by atoms with Crippen molar-refractivity contribution in [3.63, 3.8) is 0 Å². The van der Waals surface area contributed by atoms with Crippen LogP contribution in [0, 0.1) is 0 Å². The van der Waals surface area contributed by atoms with E-state index in [1.54, 1.807) is 11.3 Å². The van der Waals surface area contributed by atoms with Crippen LogP contribution in [0.2, 0.25) is 0 Å². The fraction of sp³-hybridized carbons (Fsp3) is 0. The van der Waals surface area contributed by atoms with Gasteiger partial charge in [0.05, 0.1) is 0 Å². The zero-order valence-corrected chi connectivity index (χ0v) is 30.5. The molecule has 0 N–H and O–H groups in total. The maximum atomic E-state index is 5.25. The van der Waals surface area contributed by atoms with Gasteiger partial charge in [0.1, 0.15) is 0 Å². The lowest BCUT2D eigenvalue weighted by Gasteiger charge is -2.13. The van der Waals surface area contributed by atoms with E-state index in [9.17, 15) is 0 Å². The molecule has 0 saturated carbocycles. The van der Waals surface area contributed by atoms with E-state index in [0.29, 0.717) is 17.5 Å². The highest BCUT2D eigenvalue weighted by atomic mass is 32.1. The largest absolute Gasteiger partial charge is 0.208 e. The Morgan fingerprint density at radius 1 is 0.309 bits per heavy atom. The Morgan fingerprint density at radius 2 is 0.891 bits per heavy atom. The summed E-state index contributed by atoms with van der Waals surface area (Å²) in [5.41, 5.74) is 7.52. The number of aromatic nitrogens is 3. The van der Waals surface area contributed by atoms with Crippen molar-refractivity contribution in [1.29, 1.82) is 0 Å². The van der Waals surface area contributed by atoms with Crippen LogP contribution in [0.1, 0.15) is 0 Å². The molecule has 0 atom stereocenters. The van der Waals surface area contributed by atoms with E-state index >= 15 is 0 Å². The number of thiophene rings is 1. The summed E-state index contributed by atoms with van der Waals surface area (Å²) in [6.07, 6.45) is 0. The standard InChI is InChI=1S/C51H31N3S/c1-2-12-37-30-38(29-24-32(37)10-1)33-22-27-36(28-23-33)49-52-50(54-51(53-49)45-20-9-19-44-43-17-5-6-21-46(43)55-48(44)45)40-15-7-14-39(31-40)42-18-8-13-35-26-25-34-11-3-4-16-41(34)47(35)42/h1-31H. The summed E-state index contributed by atoms with van der Waals surface area (Å²) in [6, 6.07) is 67.0. The Bertz CT molecular complexity index is 3270. The van der Waals surface area contributed by atoms with Gasteiger partial charge in [0.2, 0.25) is 0 Å². The van der Waals surface area contributed by atoms with Crippen molar-refractivity contribution in [3.8, 4) is 56.4 Å². The van der Waals surface area contributed by atoms with E-state index in [-0.39, 0.29) is 0 Å². The van der Waals surface area contributed by atoms with Crippen LogP contribution in [-0.4, -0.2) is 15.0 Å². The first-order valence-electron chi connectivity index (χ1n) is 18.5. The van der Waals surface area contributed by atoms with Gasteiger partial charge < -0.3 is 0 Å². The van der Waals surface area contributed by atoms with E-state index in [4.69, 9.17) is 15.0 Å². The fourth-order valence-electron chi connectivity index (χ4n) is 7.98. The Kier molecular flexibility index (Phi) is 7.35. The van der Waals surface area contributed by atoms with Gasteiger partial charge in [0.25, 0.3) is 0 Å². The fourth-order valence-corrected chi connectivity index (χ4v) is 9.20. The predicted molar refractivity (Wildman–Crippen MR) is 232 cm³/mol. The summed E-state index contributed by atoms with van der Waals surface area (Å²) >= 11 is 1.79. The molecule has 0 radical (unpaired) electrons. The average molecular weight is 718 g/mol. The third-order valence-corrected chi connectivity index (χ3v) is 11.9. The topological polar surface area (TPSA) is 38.7 Å². The molecule has 0 bridgehead atoms. The van der Waals surface area contributed by atoms with Crippen molar-refractivity contribution in [2.45, 2.75) is 0 Å². The summed E-state index contributed by atoms with van der Waals surface area (Å²) in [5.74, 6) is 1.95. The van der Waals surface area contributed by atoms with Crippen molar-refractivity contribution >= 4 is 63.8 Å². The molecular weight excluding hydrogens is 687 g/mol. The van der Waals surface area contributed by atoms with Crippen LogP contribution in [0.5, 0.6) is 0 Å². The van der Waals surface area contributed by atoms with Gasteiger partial charge in [-0.1, -0.05) is 164 Å². The summed E-state index contributed by atoms with van der Waals surface area (Å²) in [7, 11) is 0. The monoisotopic (exact) mass is 717 g/mol. The second kappa shape index (κ2) is 12.8. The highest BCUT2D eigenvalue weighted by Crippen LogP contribution is 2.40. The molecule has 2 heterocycles. The lowest BCUT2D eigenvalue weighted by atomic mass is 9.93. The number of nitrogens with zero attached hydrogens (tertiary/aromatic N) is 3. The van der Waals surface area contributed by atoms with E-state index in [2.05, 4.69) is 188 Å². The van der Waals surface area contributed by atoms with Crippen molar-refractivity contribution in [1.82, 2.24) is 15.0 Å². The zero-order chi connectivity index (χ0) is 36.3. The smallest absolute Gasteiger partial charge is 0.165 e. The maximum absolute atomic E-state index is 5.25. The molecule has 3 nitrogen and oxygen atoms in total. The lowest BCUT2D eigenvalue weighted by Crippen LogP contribution is -2.00. The average Bonchev–Trinajstić information content (AvgIpc) is 3.65. The Hall–Kier alpha value is -7.01. The van der Waals surface area contributed by atoms with Gasteiger partial charge in [-0.05, 0) is 78.8 Å². The predicted octanol–water partition coefficient (Wildman–Crippen LogP) is 14.0. The number of benzene rings is 9. The molecule has 0 aliphatic rings. The van der Waals surface area contributed by atoms with E-state index in [1.165, 1.54) is 63.6 Å². The van der Waals surface area contributed by atoms with Gasteiger partial charge >= 0.3 is 0 Å². The summed E-state index contributed by atoms with van der Waals surface area (Å²) < 4.78 is 2.42. The minimum Gasteiger partial charge on any atom is -0.208 e. The minimum absolute atomic E-state index is 0.642. The van der Waals surface area contributed by atoms with E-state index in [0.717, 1.165) is 27.8 Å². The molecule has 9 aromatic carbocycles. The van der Waals surface area contributed by atoms with Crippen LogP contribution in [0.4, 0.5) is 0 Å². The molecule has 0 fully saturated rings. The number of hydrogen-bond donors (Lipinski definition) is 0. The summed E-state index contributed by atoms with van der Waals surface area (Å²) in [5, 5.41) is 9.86. The summed E-state index contributed by atoms with van der Waals surface area (Å²) in [6.45, 7) is 0. The van der Waals surface area contributed by atoms with Crippen molar-refractivity contribution in [3.05, 3.63) is 188 Å². The molecule has 0 unspecified atom stereocenters. The molecule has 11 aromatic rings. The molecule has 0 spiro atoms. The summed E-state index contributed by atoms with van der Waals surface area (Å²) in [4.78, 5) is 15.6. The second-order valence-electron chi connectivity index (χ2n) is 14.0. The van der Waals surface area contributed by atoms with Crippen LogP contribution in [-0.2, 0) is 0 Å².